The number of aliphatic hydroxyl groups is 1. The quantitative estimate of drug-likeness (QED) is 0.864. The van der Waals surface area contributed by atoms with Crippen molar-refractivity contribution < 1.29 is 14.6 Å². The number of amides is 1. The fourth-order valence-electron chi connectivity index (χ4n) is 2.13. The number of nitrogens with zero attached hydrogens (tertiary/aromatic N) is 2. The Balaban J connectivity index is 2.01. The van der Waals surface area contributed by atoms with Gasteiger partial charge in [0.2, 0.25) is 0 Å². The molecular weight excluding hydrogens is 244 g/mol. The van der Waals surface area contributed by atoms with Crippen LogP contribution in [0.4, 0.5) is 0 Å². The highest BCUT2D eigenvalue weighted by molar-refractivity contribution is 5.82. The van der Waals surface area contributed by atoms with Gasteiger partial charge in [0.15, 0.2) is 6.10 Å². The molecule has 1 fully saturated rings. The van der Waals surface area contributed by atoms with Crippen LogP contribution >= 0.6 is 0 Å². The standard InChI is InChI=1S/C14H20N2O3/c1-15-7-9-16(10-8-15)14(18)13(17)11-3-5-12(19-2)6-4-11/h3-6,13,17H,7-10H2,1-2H3. The molecule has 19 heavy (non-hydrogen) atoms. The molecule has 1 amide bonds. The number of ether oxygens (including phenoxy) is 1. The highest BCUT2D eigenvalue weighted by atomic mass is 16.5. The zero-order valence-corrected chi connectivity index (χ0v) is 11.4. The summed E-state index contributed by atoms with van der Waals surface area (Å²) in [6, 6.07) is 6.93. The average Bonchev–Trinajstić information content (AvgIpc) is 2.46. The summed E-state index contributed by atoms with van der Waals surface area (Å²) in [6.45, 7) is 3.03. The number of likely N-dealkylation sites (N-methyl/N-ethyl adjacent to an activating group) is 1. The van der Waals surface area contributed by atoms with E-state index in [-0.39, 0.29) is 5.91 Å². The van der Waals surface area contributed by atoms with Crippen LogP contribution in [0.5, 0.6) is 5.75 Å². The second kappa shape index (κ2) is 6.04. The Kier molecular flexibility index (Phi) is 4.39. The van der Waals surface area contributed by atoms with E-state index in [1.807, 2.05) is 7.05 Å². The molecule has 1 aliphatic heterocycles. The number of piperazine rings is 1. The van der Waals surface area contributed by atoms with Crippen LogP contribution in [-0.4, -0.2) is 61.2 Å². The SMILES string of the molecule is COc1ccc(C(O)C(=O)N2CCN(C)CC2)cc1. The molecule has 1 atom stereocenters. The van der Waals surface area contributed by atoms with Gasteiger partial charge in [0.1, 0.15) is 5.75 Å². The Morgan fingerprint density at radius 1 is 1.21 bits per heavy atom. The van der Waals surface area contributed by atoms with Crippen molar-refractivity contribution >= 4 is 5.91 Å². The third kappa shape index (κ3) is 3.24. The largest absolute Gasteiger partial charge is 0.497 e. The molecule has 1 aliphatic rings. The topological polar surface area (TPSA) is 53.0 Å². The second-order valence-corrected chi connectivity index (χ2v) is 4.80. The van der Waals surface area contributed by atoms with Gasteiger partial charge in [0.05, 0.1) is 7.11 Å². The molecule has 0 radical (unpaired) electrons. The first-order valence-corrected chi connectivity index (χ1v) is 6.41. The number of hydrogen-bond donors (Lipinski definition) is 1. The molecule has 0 bridgehead atoms. The van der Waals surface area contributed by atoms with Crippen LogP contribution in [0.25, 0.3) is 0 Å². The summed E-state index contributed by atoms with van der Waals surface area (Å²) in [5, 5.41) is 10.1. The first-order chi connectivity index (χ1) is 9.11. The van der Waals surface area contributed by atoms with Crippen LogP contribution in [0, 0.1) is 0 Å². The molecule has 1 saturated heterocycles. The lowest BCUT2D eigenvalue weighted by atomic mass is 10.1. The van der Waals surface area contributed by atoms with E-state index in [2.05, 4.69) is 4.90 Å². The van der Waals surface area contributed by atoms with E-state index in [0.717, 1.165) is 13.1 Å². The van der Waals surface area contributed by atoms with Crippen LogP contribution in [0.3, 0.4) is 0 Å². The van der Waals surface area contributed by atoms with Gasteiger partial charge in [-0.25, -0.2) is 0 Å². The summed E-state index contributed by atoms with van der Waals surface area (Å²) in [5.74, 6) is 0.487. The second-order valence-electron chi connectivity index (χ2n) is 4.80. The third-order valence-corrected chi connectivity index (χ3v) is 3.48. The molecule has 1 aromatic carbocycles. The highest BCUT2D eigenvalue weighted by Gasteiger charge is 2.26. The van der Waals surface area contributed by atoms with E-state index in [0.29, 0.717) is 24.4 Å². The number of methoxy groups -OCH3 is 1. The van der Waals surface area contributed by atoms with Gasteiger partial charge in [-0.15, -0.1) is 0 Å². The number of carbonyl (C=O) groups excluding carboxylic acids is 1. The first kappa shape index (κ1) is 13.8. The number of rotatable bonds is 3. The normalized spacial score (nSPS) is 18.2. The lowest BCUT2D eigenvalue weighted by Gasteiger charge is -2.33. The molecule has 5 nitrogen and oxygen atoms in total. The van der Waals surface area contributed by atoms with Crippen molar-refractivity contribution in [2.75, 3.05) is 40.3 Å². The number of benzene rings is 1. The maximum atomic E-state index is 12.2. The van der Waals surface area contributed by atoms with Crippen LogP contribution < -0.4 is 4.74 Å². The highest BCUT2D eigenvalue weighted by Crippen LogP contribution is 2.20. The molecule has 1 N–H and O–H groups in total. The van der Waals surface area contributed by atoms with E-state index >= 15 is 0 Å². The number of carbonyl (C=O) groups is 1. The van der Waals surface area contributed by atoms with Crippen LogP contribution in [0.15, 0.2) is 24.3 Å². The van der Waals surface area contributed by atoms with Crippen molar-refractivity contribution in [1.82, 2.24) is 9.80 Å². The Morgan fingerprint density at radius 3 is 2.32 bits per heavy atom. The Labute approximate surface area is 113 Å². The molecule has 5 heteroatoms. The Morgan fingerprint density at radius 2 is 1.79 bits per heavy atom. The summed E-state index contributed by atoms with van der Waals surface area (Å²) in [5.41, 5.74) is 0.602. The zero-order chi connectivity index (χ0) is 13.8. The van der Waals surface area contributed by atoms with Crippen molar-refractivity contribution in [3.05, 3.63) is 29.8 Å². The van der Waals surface area contributed by atoms with E-state index in [1.54, 1.807) is 36.3 Å². The molecule has 2 rings (SSSR count). The van der Waals surface area contributed by atoms with E-state index in [4.69, 9.17) is 4.74 Å². The van der Waals surface area contributed by atoms with Gasteiger partial charge in [0.25, 0.3) is 5.91 Å². The number of hydrogen-bond acceptors (Lipinski definition) is 4. The Bertz CT molecular complexity index is 425. The summed E-state index contributed by atoms with van der Waals surface area (Å²) in [6.07, 6.45) is -1.09. The first-order valence-electron chi connectivity index (χ1n) is 6.41. The van der Waals surface area contributed by atoms with Crippen molar-refractivity contribution in [2.45, 2.75) is 6.10 Å². The fraction of sp³-hybridized carbons (Fsp3) is 0.500. The predicted octanol–water partition coefficient (Wildman–Crippen LogP) is 0.503. The van der Waals surface area contributed by atoms with E-state index in [1.165, 1.54) is 0 Å². The monoisotopic (exact) mass is 264 g/mol. The molecule has 1 heterocycles. The smallest absolute Gasteiger partial charge is 0.256 e. The summed E-state index contributed by atoms with van der Waals surface area (Å²) in [7, 11) is 3.61. The maximum Gasteiger partial charge on any atom is 0.256 e. The van der Waals surface area contributed by atoms with Gasteiger partial charge < -0.3 is 19.6 Å². The lowest BCUT2D eigenvalue weighted by Crippen LogP contribution is -2.48. The number of aliphatic hydroxyl groups excluding tert-OH is 1. The molecule has 0 saturated carbocycles. The minimum Gasteiger partial charge on any atom is -0.497 e. The third-order valence-electron chi connectivity index (χ3n) is 3.48. The molecular formula is C14H20N2O3. The average molecular weight is 264 g/mol. The van der Waals surface area contributed by atoms with Gasteiger partial charge in [-0.1, -0.05) is 12.1 Å². The predicted molar refractivity (Wildman–Crippen MR) is 72.0 cm³/mol. The molecule has 1 aromatic rings. The van der Waals surface area contributed by atoms with Gasteiger partial charge in [0, 0.05) is 26.2 Å². The van der Waals surface area contributed by atoms with Crippen LogP contribution in [0.1, 0.15) is 11.7 Å². The van der Waals surface area contributed by atoms with Gasteiger partial charge in [-0.2, -0.15) is 0 Å². The maximum absolute atomic E-state index is 12.2. The molecule has 0 aromatic heterocycles. The van der Waals surface area contributed by atoms with Crippen molar-refractivity contribution in [3.63, 3.8) is 0 Å². The van der Waals surface area contributed by atoms with Crippen LogP contribution in [0.2, 0.25) is 0 Å². The van der Waals surface area contributed by atoms with Crippen LogP contribution in [-0.2, 0) is 4.79 Å². The fourth-order valence-corrected chi connectivity index (χ4v) is 2.13. The van der Waals surface area contributed by atoms with E-state index < -0.39 is 6.10 Å². The summed E-state index contributed by atoms with van der Waals surface area (Å²) >= 11 is 0. The summed E-state index contributed by atoms with van der Waals surface area (Å²) < 4.78 is 5.06. The minimum atomic E-state index is -1.09. The van der Waals surface area contributed by atoms with E-state index in [9.17, 15) is 9.90 Å². The Hall–Kier alpha value is -1.59. The lowest BCUT2D eigenvalue weighted by molar-refractivity contribution is -0.142. The van der Waals surface area contributed by atoms with Gasteiger partial charge in [-0.3, -0.25) is 4.79 Å². The zero-order valence-electron chi connectivity index (χ0n) is 11.4. The summed E-state index contributed by atoms with van der Waals surface area (Å²) in [4.78, 5) is 16.1. The van der Waals surface area contributed by atoms with Crippen molar-refractivity contribution in [3.8, 4) is 5.75 Å². The molecule has 1 unspecified atom stereocenters. The minimum absolute atomic E-state index is 0.224. The van der Waals surface area contributed by atoms with Gasteiger partial charge >= 0.3 is 0 Å². The van der Waals surface area contributed by atoms with Gasteiger partial charge in [-0.05, 0) is 24.7 Å². The molecule has 0 spiro atoms. The van der Waals surface area contributed by atoms with Crippen molar-refractivity contribution in [1.29, 1.82) is 0 Å². The molecule has 0 aliphatic carbocycles. The molecule has 104 valence electrons. The van der Waals surface area contributed by atoms with Crippen molar-refractivity contribution in [2.24, 2.45) is 0 Å².